The van der Waals surface area contributed by atoms with E-state index in [-0.39, 0.29) is 11.8 Å². The zero-order chi connectivity index (χ0) is 13.4. The lowest BCUT2D eigenvalue weighted by Crippen LogP contribution is -2.23. The molecule has 19 heavy (non-hydrogen) atoms. The van der Waals surface area contributed by atoms with Crippen LogP contribution in [0.25, 0.3) is 0 Å². The smallest absolute Gasteiger partial charge is 0.228 e. The van der Waals surface area contributed by atoms with Gasteiger partial charge < -0.3 is 5.32 Å². The standard InChI is InChI=1S/C14H14BrN3O/c1-8-13(7-16-18-8)17-14(19)11-4-9-2-3-12(15)6-10(9)5-11/h2-3,6-7,11H,4-5H2,1H3,(H,16,18)(H,17,19). The van der Waals surface area contributed by atoms with E-state index in [1.807, 2.05) is 13.0 Å². The number of anilines is 1. The normalized spacial score (nSPS) is 17.3. The Morgan fingerprint density at radius 3 is 2.95 bits per heavy atom. The number of aryl methyl sites for hydroxylation is 1. The Morgan fingerprint density at radius 1 is 1.42 bits per heavy atom. The van der Waals surface area contributed by atoms with E-state index in [1.54, 1.807) is 6.20 Å². The molecule has 1 aliphatic rings. The van der Waals surface area contributed by atoms with E-state index in [0.29, 0.717) is 0 Å². The molecule has 0 saturated heterocycles. The van der Waals surface area contributed by atoms with Gasteiger partial charge in [0, 0.05) is 10.4 Å². The summed E-state index contributed by atoms with van der Waals surface area (Å²) in [6.07, 6.45) is 3.26. The van der Waals surface area contributed by atoms with Crippen molar-refractivity contribution in [1.29, 1.82) is 0 Å². The molecule has 0 saturated carbocycles. The number of rotatable bonds is 2. The first-order chi connectivity index (χ1) is 9.13. The summed E-state index contributed by atoms with van der Waals surface area (Å²) < 4.78 is 1.07. The summed E-state index contributed by atoms with van der Waals surface area (Å²) >= 11 is 3.47. The second kappa shape index (κ2) is 4.81. The third-order valence-corrected chi connectivity index (χ3v) is 4.05. The number of halogens is 1. The van der Waals surface area contributed by atoms with E-state index >= 15 is 0 Å². The van der Waals surface area contributed by atoms with E-state index in [9.17, 15) is 4.79 Å². The monoisotopic (exact) mass is 319 g/mol. The third kappa shape index (κ3) is 2.42. The SMILES string of the molecule is Cc1[nH]ncc1NC(=O)C1Cc2ccc(Br)cc2C1. The molecule has 0 aliphatic heterocycles. The van der Waals surface area contributed by atoms with Gasteiger partial charge in [-0.2, -0.15) is 5.10 Å². The van der Waals surface area contributed by atoms with Gasteiger partial charge in [-0.15, -0.1) is 0 Å². The summed E-state index contributed by atoms with van der Waals surface area (Å²) in [7, 11) is 0. The van der Waals surface area contributed by atoms with Crippen molar-refractivity contribution < 1.29 is 4.79 Å². The molecule has 3 rings (SSSR count). The van der Waals surface area contributed by atoms with Gasteiger partial charge in [-0.25, -0.2) is 0 Å². The van der Waals surface area contributed by atoms with Crippen LogP contribution in [0.2, 0.25) is 0 Å². The Balaban J connectivity index is 1.72. The van der Waals surface area contributed by atoms with Crippen molar-refractivity contribution in [3.05, 3.63) is 45.7 Å². The fourth-order valence-corrected chi connectivity index (χ4v) is 2.89. The molecule has 0 radical (unpaired) electrons. The molecule has 4 nitrogen and oxygen atoms in total. The number of nitrogens with zero attached hydrogens (tertiary/aromatic N) is 1. The zero-order valence-electron chi connectivity index (χ0n) is 10.5. The quantitative estimate of drug-likeness (QED) is 0.894. The van der Waals surface area contributed by atoms with E-state index < -0.39 is 0 Å². The number of nitrogens with one attached hydrogen (secondary N) is 2. The number of benzene rings is 1. The first-order valence-electron chi connectivity index (χ1n) is 6.21. The molecule has 1 atom stereocenters. The minimum Gasteiger partial charge on any atom is -0.323 e. The number of aromatic amines is 1. The molecule has 2 aromatic rings. The molecule has 2 N–H and O–H groups in total. The van der Waals surface area contributed by atoms with E-state index in [1.165, 1.54) is 11.1 Å². The van der Waals surface area contributed by atoms with Crippen LogP contribution in [0.1, 0.15) is 16.8 Å². The van der Waals surface area contributed by atoms with Crippen LogP contribution in [-0.4, -0.2) is 16.1 Å². The lowest BCUT2D eigenvalue weighted by atomic mass is 10.1. The lowest BCUT2D eigenvalue weighted by molar-refractivity contribution is -0.119. The van der Waals surface area contributed by atoms with Crippen LogP contribution in [0.5, 0.6) is 0 Å². The molecule has 0 bridgehead atoms. The van der Waals surface area contributed by atoms with Gasteiger partial charge in [0.1, 0.15) is 0 Å². The molecule has 98 valence electrons. The van der Waals surface area contributed by atoms with E-state index in [2.05, 4.69) is 43.6 Å². The Bertz CT molecular complexity index is 635. The second-order valence-corrected chi connectivity index (χ2v) is 5.83. The van der Waals surface area contributed by atoms with Crippen LogP contribution in [-0.2, 0) is 17.6 Å². The van der Waals surface area contributed by atoms with Crippen LogP contribution >= 0.6 is 15.9 Å². The number of hydrogen-bond donors (Lipinski definition) is 2. The fourth-order valence-electron chi connectivity index (χ4n) is 2.48. The van der Waals surface area contributed by atoms with Gasteiger partial charge in [-0.05, 0) is 43.0 Å². The highest BCUT2D eigenvalue weighted by Crippen LogP contribution is 2.30. The number of fused-ring (bicyclic) bond motifs is 1. The van der Waals surface area contributed by atoms with Crippen molar-refractivity contribution in [2.24, 2.45) is 5.92 Å². The summed E-state index contributed by atoms with van der Waals surface area (Å²) in [5.41, 5.74) is 4.18. The molecule has 5 heteroatoms. The molecule has 1 amide bonds. The molecule has 1 aliphatic carbocycles. The van der Waals surface area contributed by atoms with Gasteiger partial charge in [0.2, 0.25) is 5.91 Å². The highest BCUT2D eigenvalue weighted by molar-refractivity contribution is 9.10. The molecule has 1 unspecified atom stereocenters. The fraction of sp³-hybridized carbons (Fsp3) is 0.286. The summed E-state index contributed by atoms with van der Waals surface area (Å²) in [5.74, 6) is 0.0791. The van der Waals surface area contributed by atoms with Gasteiger partial charge in [0.25, 0.3) is 0 Å². The van der Waals surface area contributed by atoms with Crippen molar-refractivity contribution >= 4 is 27.5 Å². The summed E-state index contributed by atoms with van der Waals surface area (Å²) in [6, 6.07) is 6.22. The van der Waals surface area contributed by atoms with Crippen molar-refractivity contribution in [1.82, 2.24) is 10.2 Å². The number of carbonyl (C=O) groups is 1. The molecular formula is C14H14BrN3O. The van der Waals surface area contributed by atoms with Gasteiger partial charge in [-0.1, -0.05) is 22.0 Å². The van der Waals surface area contributed by atoms with Gasteiger partial charge in [0.15, 0.2) is 0 Å². The van der Waals surface area contributed by atoms with Crippen LogP contribution < -0.4 is 5.32 Å². The number of amides is 1. The number of hydrogen-bond acceptors (Lipinski definition) is 2. The maximum Gasteiger partial charge on any atom is 0.228 e. The van der Waals surface area contributed by atoms with Crippen molar-refractivity contribution in [3.8, 4) is 0 Å². The Kier molecular flexibility index (Phi) is 3.14. The maximum atomic E-state index is 12.3. The number of carbonyl (C=O) groups excluding carboxylic acids is 1. The summed E-state index contributed by atoms with van der Waals surface area (Å²) in [5, 5.41) is 9.66. The number of aromatic nitrogens is 2. The van der Waals surface area contributed by atoms with Crippen LogP contribution in [0.3, 0.4) is 0 Å². The number of H-pyrrole nitrogens is 1. The molecule has 1 aromatic carbocycles. The largest absolute Gasteiger partial charge is 0.323 e. The lowest BCUT2D eigenvalue weighted by Gasteiger charge is -2.09. The third-order valence-electron chi connectivity index (χ3n) is 3.56. The van der Waals surface area contributed by atoms with Crippen molar-refractivity contribution in [3.63, 3.8) is 0 Å². The minimum absolute atomic E-state index is 0.0126. The average Bonchev–Trinajstić information content (AvgIpc) is 2.96. The molecule has 1 aromatic heterocycles. The Labute approximate surface area is 119 Å². The summed E-state index contributed by atoms with van der Waals surface area (Å²) in [4.78, 5) is 12.3. The highest BCUT2D eigenvalue weighted by atomic mass is 79.9. The summed E-state index contributed by atoms with van der Waals surface area (Å²) in [6.45, 7) is 1.89. The van der Waals surface area contributed by atoms with Gasteiger partial charge in [-0.3, -0.25) is 9.89 Å². The molecule has 0 fully saturated rings. The van der Waals surface area contributed by atoms with E-state index in [4.69, 9.17) is 0 Å². The predicted octanol–water partition coefficient (Wildman–Crippen LogP) is 2.83. The van der Waals surface area contributed by atoms with Crippen molar-refractivity contribution in [2.45, 2.75) is 19.8 Å². The van der Waals surface area contributed by atoms with Crippen molar-refractivity contribution in [2.75, 3.05) is 5.32 Å². The van der Waals surface area contributed by atoms with Crippen LogP contribution in [0.4, 0.5) is 5.69 Å². The van der Waals surface area contributed by atoms with E-state index in [0.717, 1.165) is 28.7 Å². The first-order valence-corrected chi connectivity index (χ1v) is 7.01. The highest BCUT2D eigenvalue weighted by Gasteiger charge is 2.27. The molecule has 0 spiro atoms. The van der Waals surface area contributed by atoms with Crippen LogP contribution in [0.15, 0.2) is 28.9 Å². The van der Waals surface area contributed by atoms with Gasteiger partial charge in [0.05, 0.1) is 17.6 Å². The first kappa shape index (κ1) is 12.4. The Morgan fingerprint density at radius 2 is 2.21 bits per heavy atom. The minimum atomic E-state index is 0.0126. The molecular weight excluding hydrogens is 306 g/mol. The Hall–Kier alpha value is -1.62. The van der Waals surface area contributed by atoms with Crippen LogP contribution in [0, 0.1) is 12.8 Å². The predicted molar refractivity (Wildman–Crippen MR) is 77.0 cm³/mol. The topological polar surface area (TPSA) is 57.8 Å². The molecule has 1 heterocycles. The van der Waals surface area contributed by atoms with Gasteiger partial charge >= 0.3 is 0 Å². The maximum absolute atomic E-state index is 12.3. The zero-order valence-corrected chi connectivity index (χ0v) is 12.1. The second-order valence-electron chi connectivity index (χ2n) is 4.92. The average molecular weight is 320 g/mol.